The molecule has 0 aliphatic rings. The van der Waals surface area contributed by atoms with Gasteiger partial charge in [0.2, 0.25) is 0 Å². The van der Waals surface area contributed by atoms with Crippen LogP contribution in [0.4, 0.5) is 0 Å². The molecule has 7 heavy (non-hydrogen) atoms. The quantitative estimate of drug-likeness (QED) is 0.327. The summed E-state index contributed by atoms with van der Waals surface area (Å²) in [4.78, 5) is -0.889. The average Bonchev–Trinajstić information content (AvgIpc) is 1.68. The van der Waals surface area contributed by atoms with E-state index in [-0.39, 0.29) is 0 Å². The fourth-order valence-corrected chi connectivity index (χ4v) is 0.0417. The molecule has 0 aromatic carbocycles. The van der Waals surface area contributed by atoms with Crippen molar-refractivity contribution in [1.29, 1.82) is 0 Å². The molecule has 0 saturated carbocycles. The van der Waals surface area contributed by atoms with Crippen LogP contribution in [-0.2, 0) is 0 Å². The van der Waals surface area contributed by atoms with Crippen LogP contribution in [0.2, 0.25) is 0 Å². The molecule has 0 bridgehead atoms. The summed E-state index contributed by atoms with van der Waals surface area (Å²) in [6.45, 7) is 1.59. The van der Waals surface area contributed by atoms with E-state index in [0.29, 0.717) is 0 Å². The Morgan fingerprint density at radius 2 is 1.71 bits per heavy atom. The van der Waals surface area contributed by atoms with Gasteiger partial charge in [0.15, 0.2) is 4.87 Å². The van der Waals surface area contributed by atoms with E-state index in [1.807, 2.05) is 0 Å². The van der Waals surface area contributed by atoms with E-state index < -0.39 is 4.87 Å². The Morgan fingerprint density at radius 3 is 1.71 bits per heavy atom. The minimum atomic E-state index is -0.889. The largest absolute Gasteiger partial charge is 0.161 e. The van der Waals surface area contributed by atoms with Gasteiger partial charge in [-0.25, -0.2) is 0 Å². The predicted octanol–water partition coefficient (Wildman–Crippen LogP) is 1.25. The van der Waals surface area contributed by atoms with Gasteiger partial charge in [0.1, 0.15) is 0 Å². The monoisotopic (exact) mass is 112 g/mol. The van der Waals surface area contributed by atoms with Gasteiger partial charge in [-0.05, 0) is 6.92 Å². The molecule has 0 aliphatic carbocycles. The summed E-state index contributed by atoms with van der Waals surface area (Å²) in [6.07, 6.45) is 9.78. The zero-order valence-electron chi connectivity index (χ0n) is 4.03. The van der Waals surface area contributed by atoms with Crippen molar-refractivity contribution in [3.8, 4) is 24.7 Å². The van der Waals surface area contributed by atoms with E-state index in [1.54, 1.807) is 6.92 Å². The fourth-order valence-electron chi connectivity index (χ4n) is 0.0417. The van der Waals surface area contributed by atoms with Crippen LogP contribution < -0.4 is 0 Å². The molecule has 0 atom stereocenters. The van der Waals surface area contributed by atoms with Gasteiger partial charge < -0.3 is 0 Å². The molecule has 0 nitrogen and oxygen atoms in total. The smallest absolute Gasteiger partial charge is 0.117 e. The van der Waals surface area contributed by atoms with Gasteiger partial charge in [-0.1, -0.05) is 23.4 Å². The van der Waals surface area contributed by atoms with Gasteiger partial charge in [0.25, 0.3) is 0 Å². The van der Waals surface area contributed by atoms with Crippen LogP contribution in [0.1, 0.15) is 6.92 Å². The topological polar surface area (TPSA) is 0 Å². The van der Waals surface area contributed by atoms with Gasteiger partial charge >= 0.3 is 0 Å². The highest BCUT2D eigenvalue weighted by Crippen LogP contribution is 2.08. The lowest BCUT2D eigenvalue weighted by Gasteiger charge is -2.00. The van der Waals surface area contributed by atoms with Crippen LogP contribution in [0.15, 0.2) is 0 Å². The van der Waals surface area contributed by atoms with E-state index >= 15 is 0 Å². The van der Waals surface area contributed by atoms with Gasteiger partial charge in [-0.2, -0.15) is 0 Å². The second-order valence-electron chi connectivity index (χ2n) is 1.29. The Balaban J connectivity index is 4.00. The van der Waals surface area contributed by atoms with E-state index in [9.17, 15) is 0 Å². The molecule has 0 N–H and O–H groups in total. The second kappa shape index (κ2) is 1.92. The van der Waals surface area contributed by atoms with Crippen molar-refractivity contribution < 1.29 is 0 Å². The number of hydrogen-bond acceptors (Lipinski definition) is 0. The first kappa shape index (κ1) is 6.41. The molecular formula is C6H5Cl. The zero-order chi connectivity index (χ0) is 5.91. The molecule has 1 heteroatoms. The van der Waals surface area contributed by atoms with Crippen LogP contribution in [0.5, 0.6) is 0 Å². The lowest BCUT2D eigenvalue weighted by atomic mass is 10.2. The van der Waals surface area contributed by atoms with Crippen molar-refractivity contribution in [3.05, 3.63) is 0 Å². The second-order valence-corrected chi connectivity index (χ2v) is 2.05. The van der Waals surface area contributed by atoms with E-state index in [2.05, 4.69) is 11.8 Å². The Morgan fingerprint density at radius 1 is 1.43 bits per heavy atom. The Kier molecular flexibility index (Phi) is 1.75. The first-order valence-corrected chi connectivity index (χ1v) is 2.14. The third kappa shape index (κ3) is 2.15. The molecule has 0 aromatic rings. The molecule has 0 unspecified atom stereocenters. The van der Waals surface area contributed by atoms with Crippen molar-refractivity contribution in [2.45, 2.75) is 11.8 Å². The Hall–Kier alpha value is -0.590. The maximum Gasteiger partial charge on any atom is 0.161 e. The molecule has 0 amide bonds. The van der Waals surface area contributed by atoms with Gasteiger partial charge in [0, 0.05) is 0 Å². The number of hydrogen-bond donors (Lipinski definition) is 0. The molecule has 36 valence electrons. The van der Waals surface area contributed by atoms with Gasteiger partial charge in [-0.3, -0.25) is 0 Å². The van der Waals surface area contributed by atoms with Crippen LogP contribution >= 0.6 is 11.6 Å². The Bertz CT molecular complexity index is 115. The number of alkyl halides is 1. The van der Waals surface area contributed by atoms with Crippen LogP contribution in [-0.4, -0.2) is 4.87 Å². The first-order chi connectivity index (χ1) is 3.12. The van der Waals surface area contributed by atoms with Crippen LogP contribution in [0.3, 0.4) is 0 Å². The average molecular weight is 113 g/mol. The van der Waals surface area contributed by atoms with Crippen molar-refractivity contribution in [3.63, 3.8) is 0 Å². The summed E-state index contributed by atoms with van der Waals surface area (Å²) in [5.41, 5.74) is 0. The zero-order valence-corrected chi connectivity index (χ0v) is 4.79. The molecule has 0 fully saturated rings. The highest BCUT2D eigenvalue weighted by molar-refractivity contribution is 6.27. The third-order valence-electron chi connectivity index (χ3n) is 0.542. The molecule has 0 saturated heterocycles. The van der Waals surface area contributed by atoms with Crippen LogP contribution in [0, 0.1) is 24.7 Å². The highest BCUT2D eigenvalue weighted by atomic mass is 35.5. The molecule has 0 spiro atoms. The summed E-state index contributed by atoms with van der Waals surface area (Å²) in [5.74, 6) is 4.44. The summed E-state index contributed by atoms with van der Waals surface area (Å²) in [6, 6.07) is 0. The van der Waals surface area contributed by atoms with E-state index in [0.717, 1.165) is 0 Å². The third-order valence-corrected chi connectivity index (χ3v) is 0.760. The minimum Gasteiger partial charge on any atom is -0.117 e. The summed E-state index contributed by atoms with van der Waals surface area (Å²) >= 11 is 5.43. The maximum absolute atomic E-state index is 5.43. The molecule has 0 radical (unpaired) electrons. The number of terminal acetylenes is 2. The fraction of sp³-hybridized carbons (Fsp3) is 0.333. The van der Waals surface area contributed by atoms with Crippen molar-refractivity contribution in [1.82, 2.24) is 0 Å². The predicted molar refractivity (Wildman–Crippen MR) is 31.9 cm³/mol. The van der Waals surface area contributed by atoms with Crippen molar-refractivity contribution in [2.75, 3.05) is 0 Å². The van der Waals surface area contributed by atoms with Gasteiger partial charge in [-0.15, -0.1) is 12.8 Å². The number of rotatable bonds is 0. The summed E-state index contributed by atoms with van der Waals surface area (Å²) in [7, 11) is 0. The van der Waals surface area contributed by atoms with E-state index in [1.165, 1.54) is 0 Å². The molecular weight excluding hydrogens is 108 g/mol. The highest BCUT2D eigenvalue weighted by Gasteiger charge is 2.09. The molecule has 0 rings (SSSR count). The first-order valence-electron chi connectivity index (χ1n) is 1.77. The number of halogens is 1. The van der Waals surface area contributed by atoms with Crippen molar-refractivity contribution >= 4 is 11.6 Å². The SMILES string of the molecule is C#CC(C)(Cl)C#C. The minimum absolute atomic E-state index is 0.889. The maximum atomic E-state index is 5.43. The molecule has 0 aliphatic heterocycles. The standard InChI is InChI=1S/C6H5Cl/c1-4-6(3,7)5-2/h1-2H,3H3. The summed E-state index contributed by atoms with van der Waals surface area (Å²) in [5, 5.41) is 0. The van der Waals surface area contributed by atoms with Crippen molar-refractivity contribution in [2.24, 2.45) is 0 Å². The van der Waals surface area contributed by atoms with E-state index in [4.69, 9.17) is 24.4 Å². The Labute approximate surface area is 48.9 Å². The lowest BCUT2D eigenvalue weighted by molar-refractivity contribution is 1.08. The van der Waals surface area contributed by atoms with Gasteiger partial charge in [0.05, 0.1) is 0 Å². The normalized spacial score (nSPS) is 9.14. The lowest BCUT2D eigenvalue weighted by Crippen LogP contribution is -2.07. The van der Waals surface area contributed by atoms with Crippen LogP contribution in [0.25, 0.3) is 0 Å². The molecule has 0 aromatic heterocycles. The molecule has 0 heterocycles. The summed E-state index contributed by atoms with van der Waals surface area (Å²) < 4.78 is 0.